The van der Waals surface area contributed by atoms with E-state index in [-0.39, 0.29) is 17.5 Å². The fourth-order valence-corrected chi connectivity index (χ4v) is 2.98. The summed E-state index contributed by atoms with van der Waals surface area (Å²) in [6.45, 7) is 0.0292. The Labute approximate surface area is 148 Å². The summed E-state index contributed by atoms with van der Waals surface area (Å²) < 4.78 is 10.4. The number of carbonyl (C=O) groups excluding carboxylic acids is 2. The summed E-state index contributed by atoms with van der Waals surface area (Å²) >= 11 is 12.0. The largest absolute Gasteiger partial charge is 0.475 e. The van der Waals surface area contributed by atoms with Crippen LogP contribution in [0.5, 0.6) is 5.75 Å². The van der Waals surface area contributed by atoms with Crippen LogP contribution in [0.4, 0.5) is 5.69 Å². The number of esters is 1. The Morgan fingerprint density at radius 2 is 1.96 bits per heavy atom. The molecule has 0 unspecified atom stereocenters. The van der Waals surface area contributed by atoms with Gasteiger partial charge in [-0.3, -0.25) is 4.79 Å². The SMILES string of the molecule is COC(=O)[C@@H]1CN(C(=O)c2ccc(Cl)cc2Cl)c2ccccc2O1. The molecule has 0 saturated heterocycles. The average Bonchev–Trinajstić information content (AvgIpc) is 2.59. The second-order valence-corrected chi connectivity index (χ2v) is 5.98. The summed E-state index contributed by atoms with van der Waals surface area (Å²) in [5.41, 5.74) is 0.857. The van der Waals surface area contributed by atoms with Crippen LogP contribution in [0.2, 0.25) is 10.0 Å². The third-order valence-electron chi connectivity index (χ3n) is 3.64. The molecule has 5 nitrogen and oxygen atoms in total. The number of carbonyl (C=O) groups is 2. The van der Waals surface area contributed by atoms with Crippen LogP contribution in [0, 0.1) is 0 Å². The summed E-state index contributed by atoms with van der Waals surface area (Å²) in [5.74, 6) is -0.469. The minimum absolute atomic E-state index is 0.0292. The highest BCUT2D eigenvalue weighted by molar-refractivity contribution is 6.37. The van der Waals surface area contributed by atoms with E-state index in [4.69, 9.17) is 32.7 Å². The molecule has 24 heavy (non-hydrogen) atoms. The molecule has 2 aromatic carbocycles. The third-order valence-corrected chi connectivity index (χ3v) is 4.19. The van der Waals surface area contributed by atoms with Gasteiger partial charge >= 0.3 is 5.97 Å². The zero-order chi connectivity index (χ0) is 17.3. The molecule has 0 saturated carbocycles. The zero-order valence-electron chi connectivity index (χ0n) is 12.7. The van der Waals surface area contributed by atoms with Gasteiger partial charge in [-0.25, -0.2) is 4.79 Å². The Kier molecular flexibility index (Phi) is 4.64. The van der Waals surface area contributed by atoms with Crippen LogP contribution in [0.15, 0.2) is 42.5 Å². The lowest BCUT2D eigenvalue weighted by Gasteiger charge is -2.33. The predicted octanol–water partition coefficient (Wildman–Crippen LogP) is 3.57. The van der Waals surface area contributed by atoms with Gasteiger partial charge in [0.2, 0.25) is 6.10 Å². The fraction of sp³-hybridized carbons (Fsp3) is 0.176. The minimum atomic E-state index is -0.903. The van der Waals surface area contributed by atoms with Gasteiger partial charge in [0, 0.05) is 5.02 Å². The zero-order valence-corrected chi connectivity index (χ0v) is 14.2. The van der Waals surface area contributed by atoms with Crippen LogP contribution >= 0.6 is 23.2 Å². The number of fused-ring (bicyclic) bond motifs is 1. The van der Waals surface area contributed by atoms with Crippen molar-refractivity contribution in [1.82, 2.24) is 0 Å². The van der Waals surface area contributed by atoms with Crippen molar-refractivity contribution in [3.05, 3.63) is 58.1 Å². The van der Waals surface area contributed by atoms with Gasteiger partial charge in [0.25, 0.3) is 5.91 Å². The van der Waals surface area contributed by atoms with E-state index < -0.39 is 12.1 Å². The van der Waals surface area contributed by atoms with Crippen molar-refractivity contribution in [2.75, 3.05) is 18.6 Å². The summed E-state index contributed by atoms with van der Waals surface area (Å²) in [5, 5.41) is 0.678. The monoisotopic (exact) mass is 365 g/mol. The van der Waals surface area contributed by atoms with Crippen molar-refractivity contribution in [1.29, 1.82) is 0 Å². The Bertz CT molecular complexity index is 809. The molecule has 124 valence electrons. The molecule has 7 heteroatoms. The Morgan fingerprint density at radius 1 is 1.21 bits per heavy atom. The highest BCUT2D eigenvalue weighted by Crippen LogP contribution is 2.35. The van der Waals surface area contributed by atoms with Crippen LogP contribution in [-0.4, -0.2) is 31.6 Å². The molecule has 2 aromatic rings. The van der Waals surface area contributed by atoms with Gasteiger partial charge in [-0.1, -0.05) is 35.3 Å². The van der Waals surface area contributed by atoms with E-state index >= 15 is 0 Å². The standard InChI is InChI=1S/C17H13Cl2NO4/c1-23-17(22)15-9-20(13-4-2-3-5-14(13)24-15)16(21)11-7-6-10(18)8-12(11)19/h2-8,15H,9H2,1H3/t15-/m0/s1. The lowest BCUT2D eigenvalue weighted by Crippen LogP contribution is -2.47. The first-order chi connectivity index (χ1) is 11.5. The first kappa shape index (κ1) is 16.6. The van der Waals surface area contributed by atoms with Crippen molar-refractivity contribution in [2.24, 2.45) is 0 Å². The number of hydrogen-bond donors (Lipinski definition) is 0. The Hall–Kier alpha value is -2.24. The molecule has 1 aliphatic rings. The van der Waals surface area contributed by atoms with Crippen LogP contribution in [0.1, 0.15) is 10.4 Å². The summed E-state index contributed by atoms with van der Waals surface area (Å²) in [7, 11) is 1.27. The van der Waals surface area contributed by atoms with Gasteiger partial charge in [0.15, 0.2) is 0 Å². The second kappa shape index (κ2) is 6.71. The first-order valence-corrected chi connectivity index (χ1v) is 7.87. The minimum Gasteiger partial charge on any atom is -0.475 e. The number of halogens is 2. The molecule has 0 N–H and O–H groups in total. The van der Waals surface area contributed by atoms with Crippen molar-refractivity contribution in [2.45, 2.75) is 6.10 Å². The van der Waals surface area contributed by atoms with Crippen LogP contribution in [-0.2, 0) is 9.53 Å². The van der Waals surface area contributed by atoms with E-state index in [0.29, 0.717) is 22.0 Å². The topological polar surface area (TPSA) is 55.8 Å². The molecular weight excluding hydrogens is 353 g/mol. The first-order valence-electron chi connectivity index (χ1n) is 7.11. The number of ether oxygens (including phenoxy) is 2. The van der Waals surface area contributed by atoms with E-state index in [1.54, 1.807) is 36.4 Å². The molecule has 0 fully saturated rings. The Balaban J connectivity index is 2.01. The highest BCUT2D eigenvalue weighted by Gasteiger charge is 2.35. The molecule has 0 bridgehead atoms. The molecule has 1 heterocycles. The molecule has 3 rings (SSSR count). The number of anilines is 1. The maximum absolute atomic E-state index is 12.9. The number of para-hydroxylation sites is 2. The fourth-order valence-electron chi connectivity index (χ4n) is 2.49. The summed E-state index contributed by atoms with van der Waals surface area (Å²) in [6, 6.07) is 11.6. The van der Waals surface area contributed by atoms with E-state index in [2.05, 4.69) is 0 Å². The van der Waals surface area contributed by atoms with Crippen LogP contribution < -0.4 is 9.64 Å². The molecule has 0 aromatic heterocycles. The van der Waals surface area contributed by atoms with Crippen molar-refractivity contribution in [3.8, 4) is 5.75 Å². The molecule has 1 aliphatic heterocycles. The van der Waals surface area contributed by atoms with Crippen LogP contribution in [0.25, 0.3) is 0 Å². The van der Waals surface area contributed by atoms with Crippen molar-refractivity contribution >= 4 is 40.8 Å². The van der Waals surface area contributed by atoms with E-state index in [1.165, 1.54) is 18.1 Å². The Morgan fingerprint density at radius 3 is 2.67 bits per heavy atom. The highest BCUT2D eigenvalue weighted by atomic mass is 35.5. The van der Waals surface area contributed by atoms with Gasteiger partial charge < -0.3 is 14.4 Å². The quantitative estimate of drug-likeness (QED) is 0.763. The number of rotatable bonds is 2. The van der Waals surface area contributed by atoms with Crippen LogP contribution in [0.3, 0.4) is 0 Å². The maximum Gasteiger partial charge on any atom is 0.348 e. The number of nitrogens with zero attached hydrogens (tertiary/aromatic N) is 1. The summed E-state index contributed by atoms with van der Waals surface area (Å²) in [4.78, 5) is 26.3. The third kappa shape index (κ3) is 3.05. The normalized spacial score (nSPS) is 16.1. The smallest absolute Gasteiger partial charge is 0.348 e. The molecule has 1 atom stereocenters. The lowest BCUT2D eigenvalue weighted by molar-refractivity contribution is -0.148. The van der Waals surface area contributed by atoms with Gasteiger partial charge in [0.1, 0.15) is 5.75 Å². The predicted molar refractivity (Wildman–Crippen MR) is 91.0 cm³/mol. The van der Waals surface area contributed by atoms with E-state index in [9.17, 15) is 9.59 Å². The van der Waals surface area contributed by atoms with Gasteiger partial charge in [-0.15, -0.1) is 0 Å². The number of benzene rings is 2. The molecule has 0 radical (unpaired) electrons. The molecule has 0 spiro atoms. The number of amides is 1. The van der Waals surface area contributed by atoms with Gasteiger partial charge in [-0.2, -0.15) is 0 Å². The molecule has 0 aliphatic carbocycles. The van der Waals surface area contributed by atoms with Gasteiger partial charge in [-0.05, 0) is 30.3 Å². The van der Waals surface area contributed by atoms with E-state index in [0.717, 1.165) is 0 Å². The van der Waals surface area contributed by atoms with E-state index in [1.807, 2.05) is 0 Å². The van der Waals surface area contributed by atoms with Crippen molar-refractivity contribution in [3.63, 3.8) is 0 Å². The van der Waals surface area contributed by atoms with Crippen molar-refractivity contribution < 1.29 is 19.1 Å². The van der Waals surface area contributed by atoms with Gasteiger partial charge in [0.05, 0.1) is 29.9 Å². The lowest BCUT2D eigenvalue weighted by atomic mass is 10.1. The summed E-state index contributed by atoms with van der Waals surface area (Å²) in [6.07, 6.45) is -0.903. The second-order valence-electron chi connectivity index (χ2n) is 5.14. The maximum atomic E-state index is 12.9. The average molecular weight is 366 g/mol. The number of hydrogen-bond acceptors (Lipinski definition) is 4. The molecule has 1 amide bonds. The molecular formula is C17H13Cl2NO4. The number of methoxy groups -OCH3 is 1.